The lowest BCUT2D eigenvalue weighted by Gasteiger charge is -2.12. The molecule has 29 heavy (non-hydrogen) atoms. The van der Waals surface area contributed by atoms with Gasteiger partial charge in [0.1, 0.15) is 5.69 Å². The number of aryl methyl sites for hydroxylation is 3. The second-order valence-corrected chi connectivity index (χ2v) is 7.23. The first-order valence-corrected chi connectivity index (χ1v) is 9.60. The highest BCUT2D eigenvalue weighted by Gasteiger charge is 2.15. The van der Waals surface area contributed by atoms with E-state index in [1.54, 1.807) is 0 Å². The molecule has 0 spiro atoms. The Morgan fingerprint density at radius 2 is 1.62 bits per heavy atom. The number of nitrogens with one attached hydrogen (secondary N) is 1. The average Bonchev–Trinajstić information content (AvgIpc) is 3.07. The molecule has 3 aromatic carbocycles. The van der Waals surface area contributed by atoms with Crippen molar-refractivity contribution in [3.8, 4) is 0 Å². The van der Waals surface area contributed by atoms with Gasteiger partial charge < -0.3 is 4.57 Å². The Kier molecular flexibility index (Phi) is 5.00. The number of rotatable bonds is 4. The molecule has 4 rings (SSSR count). The minimum atomic E-state index is -0.234. The van der Waals surface area contributed by atoms with Crippen molar-refractivity contribution in [2.24, 2.45) is 12.1 Å². The molecular weight excluding hydrogens is 358 g/mol. The molecule has 1 amide bonds. The van der Waals surface area contributed by atoms with Crippen LogP contribution in [0.3, 0.4) is 0 Å². The SMILES string of the molecule is Cc1ccc(C(=NNC(=O)c2cc3ccccc3n2C)c2ccccc2)c(C)c1. The van der Waals surface area contributed by atoms with Crippen LogP contribution < -0.4 is 5.43 Å². The van der Waals surface area contributed by atoms with Gasteiger partial charge in [0.25, 0.3) is 5.91 Å². The molecule has 0 aliphatic heterocycles. The van der Waals surface area contributed by atoms with Gasteiger partial charge in [0.15, 0.2) is 0 Å². The van der Waals surface area contributed by atoms with Crippen LogP contribution in [0, 0.1) is 13.8 Å². The van der Waals surface area contributed by atoms with Crippen molar-refractivity contribution in [3.05, 3.63) is 107 Å². The molecule has 144 valence electrons. The van der Waals surface area contributed by atoms with Crippen LogP contribution >= 0.6 is 0 Å². The topological polar surface area (TPSA) is 46.4 Å². The summed E-state index contributed by atoms with van der Waals surface area (Å²) in [6.45, 7) is 4.13. The number of carbonyl (C=O) groups excluding carboxylic acids is 1. The Hall–Kier alpha value is -3.66. The van der Waals surface area contributed by atoms with Crippen LogP contribution in [0.15, 0.2) is 84.0 Å². The normalized spacial score (nSPS) is 11.6. The first-order valence-electron chi connectivity index (χ1n) is 9.60. The van der Waals surface area contributed by atoms with Gasteiger partial charge in [-0.2, -0.15) is 5.10 Å². The molecule has 1 aromatic heterocycles. The van der Waals surface area contributed by atoms with Gasteiger partial charge in [-0.25, -0.2) is 5.43 Å². The summed E-state index contributed by atoms with van der Waals surface area (Å²) in [6, 6.07) is 26.0. The predicted molar refractivity (Wildman–Crippen MR) is 118 cm³/mol. The lowest BCUT2D eigenvalue weighted by Crippen LogP contribution is -2.23. The maximum absolute atomic E-state index is 12.9. The molecule has 0 bridgehead atoms. The standard InChI is InChI=1S/C25H23N3O/c1-17-13-14-21(18(2)15-17)24(19-9-5-4-6-10-19)26-27-25(29)23-16-20-11-7-8-12-22(20)28(23)3/h4-16H,1-3H3,(H,27,29). The number of hydrazone groups is 1. The highest BCUT2D eigenvalue weighted by atomic mass is 16.2. The first kappa shape index (κ1) is 18.7. The summed E-state index contributed by atoms with van der Waals surface area (Å²) in [5.74, 6) is -0.234. The second-order valence-electron chi connectivity index (χ2n) is 7.23. The van der Waals surface area contributed by atoms with Crippen molar-refractivity contribution in [1.29, 1.82) is 0 Å². The van der Waals surface area contributed by atoms with Gasteiger partial charge in [-0.15, -0.1) is 0 Å². The smallest absolute Gasteiger partial charge is 0.288 e. The molecule has 1 N–H and O–H groups in total. The quantitative estimate of drug-likeness (QED) is 0.393. The third-order valence-corrected chi connectivity index (χ3v) is 5.14. The molecule has 1 heterocycles. The molecule has 4 aromatic rings. The van der Waals surface area contributed by atoms with E-state index >= 15 is 0 Å². The Morgan fingerprint density at radius 1 is 0.897 bits per heavy atom. The van der Waals surface area contributed by atoms with Crippen LogP contribution in [-0.2, 0) is 7.05 Å². The predicted octanol–water partition coefficient (Wildman–Crippen LogP) is 4.98. The fourth-order valence-electron chi connectivity index (χ4n) is 3.63. The summed E-state index contributed by atoms with van der Waals surface area (Å²) in [5.41, 5.74) is 9.36. The van der Waals surface area contributed by atoms with Gasteiger partial charge in [-0.05, 0) is 31.5 Å². The van der Waals surface area contributed by atoms with Crippen LogP contribution in [0.25, 0.3) is 10.9 Å². The van der Waals surface area contributed by atoms with Crippen LogP contribution in [0.2, 0.25) is 0 Å². The third kappa shape index (κ3) is 3.69. The van der Waals surface area contributed by atoms with Crippen LogP contribution in [0.1, 0.15) is 32.7 Å². The Morgan fingerprint density at radius 3 is 2.34 bits per heavy atom. The number of benzene rings is 3. The van der Waals surface area contributed by atoms with E-state index in [0.717, 1.165) is 33.3 Å². The number of hydrogen-bond acceptors (Lipinski definition) is 2. The van der Waals surface area contributed by atoms with E-state index in [-0.39, 0.29) is 5.91 Å². The number of hydrogen-bond donors (Lipinski definition) is 1. The maximum atomic E-state index is 12.9. The summed E-state index contributed by atoms with van der Waals surface area (Å²) in [4.78, 5) is 12.9. The zero-order valence-electron chi connectivity index (χ0n) is 16.8. The molecule has 4 nitrogen and oxygen atoms in total. The minimum absolute atomic E-state index is 0.234. The average molecular weight is 381 g/mol. The van der Waals surface area contributed by atoms with E-state index in [1.807, 2.05) is 72.3 Å². The lowest BCUT2D eigenvalue weighted by molar-refractivity contribution is 0.0947. The van der Waals surface area contributed by atoms with Gasteiger partial charge in [-0.1, -0.05) is 72.3 Å². The summed E-state index contributed by atoms with van der Waals surface area (Å²) in [7, 11) is 1.89. The van der Waals surface area contributed by atoms with Crippen LogP contribution in [-0.4, -0.2) is 16.2 Å². The van der Waals surface area contributed by atoms with E-state index in [2.05, 4.69) is 42.6 Å². The molecule has 0 saturated carbocycles. The zero-order chi connectivity index (χ0) is 20.4. The maximum Gasteiger partial charge on any atom is 0.288 e. The number of carbonyl (C=O) groups is 1. The molecule has 0 aliphatic carbocycles. The lowest BCUT2D eigenvalue weighted by atomic mass is 9.97. The summed E-state index contributed by atoms with van der Waals surface area (Å²) < 4.78 is 1.89. The molecule has 0 atom stereocenters. The van der Waals surface area contributed by atoms with E-state index in [1.165, 1.54) is 5.56 Å². The molecule has 0 radical (unpaired) electrons. The molecule has 0 aliphatic rings. The zero-order valence-corrected chi connectivity index (χ0v) is 16.8. The van der Waals surface area contributed by atoms with Crippen LogP contribution in [0.4, 0.5) is 0 Å². The number of nitrogens with zero attached hydrogens (tertiary/aromatic N) is 2. The third-order valence-electron chi connectivity index (χ3n) is 5.14. The fourth-order valence-corrected chi connectivity index (χ4v) is 3.63. The van der Waals surface area contributed by atoms with Crippen molar-refractivity contribution in [1.82, 2.24) is 9.99 Å². The van der Waals surface area contributed by atoms with Gasteiger partial charge in [0.05, 0.1) is 5.71 Å². The number of para-hydroxylation sites is 1. The number of aromatic nitrogens is 1. The minimum Gasteiger partial charge on any atom is -0.340 e. The molecule has 4 heteroatoms. The van der Waals surface area contributed by atoms with Gasteiger partial charge in [-0.3, -0.25) is 4.79 Å². The Balaban J connectivity index is 1.73. The fraction of sp³-hybridized carbons (Fsp3) is 0.120. The first-order chi connectivity index (χ1) is 14.0. The van der Waals surface area contributed by atoms with Crippen molar-refractivity contribution in [2.75, 3.05) is 0 Å². The highest BCUT2D eigenvalue weighted by Crippen LogP contribution is 2.19. The molecular formula is C25H23N3O. The molecule has 0 fully saturated rings. The monoisotopic (exact) mass is 381 g/mol. The van der Waals surface area contributed by atoms with Gasteiger partial charge in [0, 0.05) is 29.1 Å². The summed E-state index contributed by atoms with van der Waals surface area (Å²) in [5, 5.41) is 5.58. The van der Waals surface area contributed by atoms with Crippen LogP contribution in [0.5, 0.6) is 0 Å². The van der Waals surface area contributed by atoms with Gasteiger partial charge >= 0.3 is 0 Å². The summed E-state index contributed by atoms with van der Waals surface area (Å²) >= 11 is 0. The van der Waals surface area contributed by atoms with E-state index < -0.39 is 0 Å². The Labute approximate surface area is 170 Å². The van der Waals surface area contributed by atoms with Crippen molar-refractivity contribution in [2.45, 2.75) is 13.8 Å². The highest BCUT2D eigenvalue weighted by molar-refractivity contribution is 6.14. The van der Waals surface area contributed by atoms with E-state index in [0.29, 0.717) is 5.69 Å². The summed E-state index contributed by atoms with van der Waals surface area (Å²) in [6.07, 6.45) is 0. The van der Waals surface area contributed by atoms with E-state index in [9.17, 15) is 4.79 Å². The van der Waals surface area contributed by atoms with Crippen molar-refractivity contribution < 1.29 is 4.79 Å². The second kappa shape index (κ2) is 7.76. The largest absolute Gasteiger partial charge is 0.340 e. The molecule has 0 unspecified atom stereocenters. The van der Waals surface area contributed by atoms with Crippen molar-refractivity contribution in [3.63, 3.8) is 0 Å². The number of fused-ring (bicyclic) bond motifs is 1. The number of amides is 1. The molecule has 0 saturated heterocycles. The van der Waals surface area contributed by atoms with Crippen molar-refractivity contribution >= 4 is 22.5 Å². The van der Waals surface area contributed by atoms with Gasteiger partial charge in [0.2, 0.25) is 0 Å². The van der Waals surface area contributed by atoms with E-state index in [4.69, 9.17) is 0 Å². The Bertz CT molecular complexity index is 1220.